The molecule has 0 fully saturated rings. The number of hydrogen-bond acceptors (Lipinski definition) is 6. The number of nitrogens with zero attached hydrogens (tertiary/aromatic N) is 4. The lowest BCUT2D eigenvalue weighted by Gasteiger charge is -2.07. The highest BCUT2D eigenvalue weighted by molar-refractivity contribution is 6.33. The minimum absolute atomic E-state index is 0.0278. The Hall–Kier alpha value is -1.70. The number of benzene rings is 1. The Labute approximate surface area is 121 Å². The van der Waals surface area contributed by atoms with Gasteiger partial charge in [-0.15, -0.1) is 10.2 Å². The fourth-order valence-electron chi connectivity index (χ4n) is 1.18. The molecule has 0 N–H and O–H groups in total. The van der Waals surface area contributed by atoms with Gasteiger partial charge < -0.3 is 4.74 Å². The lowest BCUT2D eigenvalue weighted by molar-refractivity contribution is -0.385. The summed E-state index contributed by atoms with van der Waals surface area (Å²) >= 11 is 17.1. The highest BCUT2D eigenvalue weighted by Gasteiger charge is 2.21. The van der Waals surface area contributed by atoms with Gasteiger partial charge in [0, 0.05) is 6.07 Å². The van der Waals surface area contributed by atoms with Crippen LogP contribution >= 0.6 is 34.8 Å². The molecule has 7 nitrogen and oxygen atoms in total. The monoisotopic (exact) mass is 320 g/mol. The van der Waals surface area contributed by atoms with Gasteiger partial charge in [-0.1, -0.05) is 29.3 Å². The van der Waals surface area contributed by atoms with Gasteiger partial charge in [-0.05, 0) is 17.7 Å². The summed E-state index contributed by atoms with van der Waals surface area (Å²) in [5.41, 5.74) is -0.335. The number of nitro benzene ring substituents is 1. The maximum absolute atomic E-state index is 10.9. The zero-order valence-corrected chi connectivity index (χ0v) is 11.1. The Kier molecular flexibility index (Phi) is 3.98. The van der Waals surface area contributed by atoms with Gasteiger partial charge in [-0.25, -0.2) is 0 Å². The first-order valence-corrected chi connectivity index (χ1v) is 5.79. The summed E-state index contributed by atoms with van der Waals surface area (Å²) in [7, 11) is 0. The van der Waals surface area contributed by atoms with Crippen LogP contribution in [0.5, 0.6) is 11.6 Å². The molecule has 10 heteroatoms. The van der Waals surface area contributed by atoms with Gasteiger partial charge >= 0.3 is 5.69 Å². The molecule has 0 aliphatic carbocycles. The van der Waals surface area contributed by atoms with Gasteiger partial charge in [0.2, 0.25) is 16.2 Å². The van der Waals surface area contributed by atoms with Crippen molar-refractivity contribution >= 4 is 40.5 Å². The fraction of sp³-hybridized carbons (Fsp3) is 0. The predicted octanol–water partition coefficient (Wildman–Crippen LogP) is 3.53. The van der Waals surface area contributed by atoms with Gasteiger partial charge in [0.05, 0.1) is 9.95 Å². The van der Waals surface area contributed by atoms with Crippen molar-refractivity contribution < 1.29 is 9.66 Å². The van der Waals surface area contributed by atoms with Crippen LogP contribution in [0.1, 0.15) is 0 Å². The van der Waals surface area contributed by atoms with Gasteiger partial charge in [-0.2, -0.15) is 4.98 Å². The van der Waals surface area contributed by atoms with E-state index in [2.05, 4.69) is 15.2 Å². The summed E-state index contributed by atoms with van der Waals surface area (Å²) in [5.74, 6) is -0.425. The number of ether oxygens (including phenoxy) is 1. The molecular formula is C9H3Cl3N4O3. The average Bonchev–Trinajstić information content (AvgIpc) is 2.35. The van der Waals surface area contributed by atoms with Crippen molar-refractivity contribution in [2.75, 3.05) is 0 Å². The predicted molar refractivity (Wildman–Crippen MR) is 68.0 cm³/mol. The van der Waals surface area contributed by atoms with E-state index in [0.29, 0.717) is 0 Å². The van der Waals surface area contributed by atoms with Crippen LogP contribution in [0.15, 0.2) is 18.2 Å². The Balaban J connectivity index is 2.49. The van der Waals surface area contributed by atoms with E-state index in [1.165, 1.54) is 18.2 Å². The second kappa shape index (κ2) is 5.52. The maximum Gasteiger partial charge on any atom is 0.313 e. The summed E-state index contributed by atoms with van der Waals surface area (Å²) < 4.78 is 5.21. The van der Waals surface area contributed by atoms with Crippen molar-refractivity contribution in [3.05, 3.63) is 43.8 Å². The summed E-state index contributed by atoms with van der Waals surface area (Å²) in [4.78, 5) is 13.9. The minimum atomic E-state index is -0.647. The first kappa shape index (κ1) is 13.7. The van der Waals surface area contributed by atoms with Crippen LogP contribution in [0.2, 0.25) is 15.5 Å². The Morgan fingerprint density at radius 2 is 1.95 bits per heavy atom. The molecular weight excluding hydrogens is 318 g/mol. The van der Waals surface area contributed by atoms with Gasteiger partial charge in [-0.3, -0.25) is 10.1 Å². The van der Waals surface area contributed by atoms with Crippen molar-refractivity contribution in [1.29, 1.82) is 0 Å². The topological polar surface area (TPSA) is 91.0 Å². The standard InChI is InChI=1S/C9H3Cl3N4O3/c10-4-2-1-3-5(16(17)18)6(4)19-8-7(11)14-15-9(12)13-8/h1-3H. The van der Waals surface area contributed by atoms with Crippen LogP contribution in [-0.4, -0.2) is 20.1 Å². The highest BCUT2D eigenvalue weighted by Crippen LogP contribution is 2.38. The quantitative estimate of drug-likeness (QED) is 0.634. The van der Waals surface area contributed by atoms with E-state index in [9.17, 15) is 10.1 Å². The van der Waals surface area contributed by atoms with Crippen molar-refractivity contribution in [1.82, 2.24) is 15.2 Å². The van der Waals surface area contributed by atoms with E-state index in [4.69, 9.17) is 39.5 Å². The molecule has 0 unspecified atom stereocenters. The summed E-state index contributed by atoms with van der Waals surface area (Å²) in [5, 5.41) is 17.3. The molecule has 0 bridgehead atoms. The van der Waals surface area contributed by atoms with Gasteiger partial charge in [0.15, 0.2) is 0 Å². The summed E-state index contributed by atoms with van der Waals surface area (Å²) in [6.45, 7) is 0. The number of aromatic nitrogens is 3. The zero-order chi connectivity index (χ0) is 14.0. The number of para-hydroxylation sites is 1. The number of rotatable bonds is 3. The third-order valence-electron chi connectivity index (χ3n) is 1.93. The molecule has 0 saturated carbocycles. The number of nitro groups is 1. The van der Waals surface area contributed by atoms with Crippen molar-refractivity contribution in [2.45, 2.75) is 0 Å². The van der Waals surface area contributed by atoms with Crippen LogP contribution in [-0.2, 0) is 0 Å². The molecule has 0 atom stereocenters. The largest absolute Gasteiger partial charge is 0.427 e. The normalized spacial score (nSPS) is 10.3. The highest BCUT2D eigenvalue weighted by atomic mass is 35.5. The molecule has 1 aromatic heterocycles. The van der Waals surface area contributed by atoms with E-state index in [1.54, 1.807) is 0 Å². The van der Waals surface area contributed by atoms with Crippen molar-refractivity contribution in [3.63, 3.8) is 0 Å². The molecule has 2 rings (SSSR count). The second-order valence-corrected chi connectivity index (χ2v) is 4.23. The smallest absolute Gasteiger partial charge is 0.313 e. The van der Waals surface area contributed by atoms with Crippen molar-refractivity contribution in [3.8, 4) is 11.6 Å². The first-order chi connectivity index (χ1) is 8.99. The molecule has 0 radical (unpaired) electrons. The maximum atomic E-state index is 10.9. The zero-order valence-electron chi connectivity index (χ0n) is 8.88. The third-order valence-corrected chi connectivity index (χ3v) is 2.63. The van der Waals surface area contributed by atoms with Crippen LogP contribution in [0.3, 0.4) is 0 Å². The van der Waals surface area contributed by atoms with E-state index in [1.807, 2.05) is 0 Å². The lowest BCUT2D eigenvalue weighted by atomic mass is 10.3. The summed E-state index contributed by atoms with van der Waals surface area (Å²) in [6, 6.07) is 4.07. The van der Waals surface area contributed by atoms with E-state index in [-0.39, 0.29) is 32.8 Å². The molecule has 0 aliphatic rings. The molecule has 0 aliphatic heterocycles. The Bertz CT molecular complexity index is 653. The SMILES string of the molecule is O=[N+]([O-])c1cccc(Cl)c1Oc1nc(Cl)nnc1Cl. The van der Waals surface area contributed by atoms with Crippen LogP contribution < -0.4 is 4.74 Å². The van der Waals surface area contributed by atoms with E-state index >= 15 is 0 Å². The average molecular weight is 322 g/mol. The molecule has 19 heavy (non-hydrogen) atoms. The third kappa shape index (κ3) is 3.01. The molecule has 0 spiro atoms. The summed E-state index contributed by atoms with van der Waals surface area (Å²) in [6.07, 6.45) is 0. The number of hydrogen-bond donors (Lipinski definition) is 0. The number of halogens is 3. The fourth-order valence-corrected chi connectivity index (χ4v) is 1.63. The molecule has 0 amide bonds. The lowest BCUT2D eigenvalue weighted by Crippen LogP contribution is -1.98. The Morgan fingerprint density at radius 3 is 2.63 bits per heavy atom. The molecule has 1 heterocycles. The molecule has 0 saturated heterocycles. The first-order valence-electron chi connectivity index (χ1n) is 4.65. The molecule has 2 aromatic rings. The van der Waals surface area contributed by atoms with Gasteiger partial charge in [0.1, 0.15) is 0 Å². The minimum Gasteiger partial charge on any atom is -0.427 e. The molecule has 98 valence electrons. The van der Waals surface area contributed by atoms with E-state index in [0.717, 1.165) is 0 Å². The van der Waals surface area contributed by atoms with Crippen LogP contribution in [0.25, 0.3) is 0 Å². The second-order valence-electron chi connectivity index (χ2n) is 3.12. The molecule has 1 aromatic carbocycles. The van der Waals surface area contributed by atoms with Crippen LogP contribution in [0.4, 0.5) is 5.69 Å². The Morgan fingerprint density at radius 1 is 1.21 bits per heavy atom. The van der Waals surface area contributed by atoms with Gasteiger partial charge in [0.25, 0.3) is 5.88 Å². The van der Waals surface area contributed by atoms with E-state index < -0.39 is 4.92 Å². The van der Waals surface area contributed by atoms with Crippen LogP contribution in [0, 0.1) is 10.1 Å². The van der Waals surface area contributed by atoms with Crippen molar-refractivity contribution in [2.24, 2.45) is 0 Å².